The highest BCUT2D eigenvalue weighted by Gasteiger charge is 2.25. The molecule has 2 atom stereocenters. The van der Waals surface area contributed by atoms with Crippen molar-refractivity contribution in [2.24, 2.45) is 5.92 Å². The summed E-state index contributed by atoms with van der Waals surface area (Å²) in [4.78, 5) is 0. The standard InChI is InChI=1S/C19H23NO/c21-18-10-4-8-16(13-18)19(17-9-5-11-20-14-17)12-15-6-2-1-3-7-15/h1-4,6-8,10,13,17,19-21H,5,9,11-12,14H2. The third-order valence-electron chi connectivity index (χ3n) is 4.50. The third-order valence-corrected chi connectivity index (χ3v) is 4.50. The first kappa shape index (κ1) is 14.2. The predicted octanol–water partition coefficient (Wildman–Crippen LogP) is 3.72. The lowest BCUT2D eigenvalue weighted by atomic mass is 9.78. The summed E-state index contributed by atoms with van der Waals surface area (Å²) in [5, 5.41) is 13.3. The summed E-state index contributed by atoms with van der Waals surface area (Å²) in [7, 11) is 0. The van der Waals surface area contributed by atoms with Crippen LogP contribution < -0.4 is 5.32 Å². The number of benzene rings is 2. The number of rotatable bonds is 4. The topological polar surface area (TPSA) is 32.3 Å². The molecule has 0 amide bonds. The molecule has 0 aliphatic carbocycles. The van der Waals surface area contributed by atoms with Crippen molar-refractivity contribution in [2.45, 2.75) is 25.2 Å². The van der Waals surface area contributed by atoms with Gasteiger partial charge in [0.1, 0.15) is 5.75 Å². The Hall–Kier alpha value is -1.80. The molecule has 2 nitrogen and oxygen atoms in total. The van der Waals surface area contributed by atoms with Crippen LogP contribution in [0.5, 0.6) is 5.75 Å². The van der Waals surface area contributed by atoms with Gasteiger partial charge in [-0.05, 0) is 67.4 Å². The molecule has 2 aromatic rings. The van der Waals surface area contributed by atoms with E-state index in [1.54, 1.807) is 6.07 Å². The first-order valence-electron chi connectivity index (χ1n) is 7.86. The van der Waals surface area contributed by atoms with Gasteiger partial charge in [-0.3, -0.25) is 0 Å². The van der Waals surface area contributed by atoms with Crippen molar-refractivity contribution in [1.82, 2.24) is 5.32 Å². The number of piperidine rings is 1. The summed E-state index contributed by atoms with van der Waals surface area (Å²) < 4.78 is 0. The second-order valence-electron chi connectivity index (χ2n) is 6.00. The quantitative estimate of drug-likeness (QED) is 0.895. The highest BCUT2D eigenvalue weighted by molar-refractivity contribution is 5.32. The van der Waals surface area contributed by atoms with E-state index in [1.165, 1.54) is 24.0 Å². The maximum absolute atomic E-state index is 9.81. The monoisotopic (exact) mass is 281 g/mol. The first-order valence-corrected chi connectivity index (χ1v) is 7.86. The van der Waals surface area contributed by atoms with E-state index in [0.717, 1.165) is 19.5 Å². The minimum atomic E-state index is 0.370. The second kappa shape index (κ2) is 6.77. The molecule has 2 N–H and O–H groups in total. The number of hydrogen-bond acceptors (Lipinski definition) is 2. The maximum atomic E-state index is 9.81. The fourth-order valence-corrected chi connectivity index (χ4v) is 3.40. The molecule has 0 saturated carbocycles. The molecule has 2 aromatic carbocycles. The minimum absolute atomic E-state index is 0.370. The van der Waals surface area contributed by atoms with Gasteiger partial charge in [0.05, 0.1) is 0 Å². The third kappa shape index (κ3) is 3.64. The summed E-state index contributed by atoms with van der Waals surface area (Å²) in [6.45, 7) is 2.21. The molecule has 0 spiro atoms. The van der Waals surface area contributed by atoms with Crippen LogP contribution in [0.15, 0.2) is 54.6 Å². The molecule has 1 aliphatic heterocycles. The smallest absolute Gasteiger partial charge is 0.115 e. The largest absolute Gasteiger partial charge is 0.508 e. The summed E-state index contributed by atoms with van der Waals surface area (Å²) in [5.74, 6) is 1.47. The fourth-order valence-electron chi connectivity index (χ4n) is 3.40. The van der Waals surface area contributed by atoms with Crippen LogP contribution in [-0.4, -0.2) is 18.2 Å². The number of nitrogens with one attached hydrogen (secondary N) is 1. The number of phenols is 1. The molecular weight excluding hydrogens is 258 g/mol. The SMILES string of the molecule is Oc1cccc(C(Cc2ccccc2)C2CCCNC2)c1. The zero-order valence-corrected chi connectivity index (χ0v) is 12.3. The van der Waals surface area contributed by atoms with Gasteiger partial charge in [0.25, 0.3) is 0 Å². The van der Waals surface area contributed by atoms with Crippen LogP contribution in [0.2, 0.25) is 0 Å². The Morgan fingerprint density at radius 3 is 2.67 bits per heavy atom. The van der Waals surface area contributed by atoms with Gasteiger partial charge in [-0.1, -0.05) is 42.5 Å². The number of hydrogen-bond donors (Lipinski definition) is 2. The Labute approximate surface area is 126 Å². The van der Waals surface area contributed by atoms with Gasteiger partial charge in [0.2, 0.25) is 0 Å². The second-order valence-corrected chi connectivity index (χ2v) is 6.00. The van der Waals surface area contributed by atoms with Crippen molar-refractivity contribution in [3.8, 4) is 5.75 Å². The highest BCUT2D eigenvalue weighted by atomic mass is 16.3. The Balaban J connectivity index is 1.86. The molecule has 21 heavy (non-hydrogen) atoms. The first-order chi connectivity index (χ1) is 10.3. The van der Waals surface area contributed by atoms with E-state index in [9.17, 15) is 5.11 Å². The van der Waals surface area contributed by atoms with E-state index in [4.69, 9.17) is 0 Å². The van der Waals surface area contributed by atoms with E-state index in [0.29, 0.717) is 17.6 Å². The summed E-state index contributed by atoms with van der Waals surface area (Å²) in [6, 6.07) is 18.5. The summed E-state index contributed by atoms with van der Waals surface area (Å²) in [5.41, 5.74) is 2.63. The molecule has 0 aromatic heterocycles. The van der Waals surface area contributed by atoms with Gasteiger partial charge < -0.3 is 10.4 Å². The van der Waals surface area contributed by atoms with Gasteiger partial charge >= 0.3 is 0 Å². The van der Waals surface area contributed by atoms with Crippen LogP contribution in [0.4, 0.5) is 0 Å². The van der Waals surface area contributed by atoms with Crippen LogP contribution in [-0.2, 0) is 6.42 Å². The van der Waals surface area contributed by atoms with E-state index in [1.807, 2.05) is 12.1 Å². The number of aromatic hydroxyl groups is 1. The minimum Gasteiger partial charge on any atom is -0.508 e. The molecule has 2 heteroatoms. The molecule has 1 saturated heterocycles. The average Bonchev–Trinajstić information content (AvgIpc) is 2.54. The van der Waals surface area contributed by atoms with Crippen molar-refractivity contribution in [3.05, 3.63) is 65.7 Å². The van der Waals surface area contributed by atoms with Gasteiger partial charge in [-0.15, -0.1) is 0 Å². The van der Waals surface area contributed by atoms with Crippen molar-refractivity contribution >= 4 is 0 Å². The normalized spacial score (nSPS) is 20.1. The van der Waals surface area contributed by atoms with Crippen LogP contribution in [0.25, 0.3) is 0 Å². The van der Waals surface area contributed by atoms with E-state index >= 15 is 0 Å². The lowest BCUT2D eigenvalue weighted by molar-refractivity contribution is 0.319. The molecule has 0 bridgehead atoms. The Kier molecular flexibility index (Phi) is 4.56. The molecule has 0 radical (unpaired) electrons. The molecule has 1 aliphatic rings. The van der Waals surface area contributed by atoms with Crippen molar-refractivity contribution in [2.75, 3.05) is 13.1 Å². The molecule has 1 heterocycles. The lowest BCUT2D eigenvalue weighted by Gasteiger charge is -2.31. The predicted molar refractivity (Wildman–Crippen MR) is 86.6 cm³/mol. The van der Waals surface area contributed by atoms with Crippen LogP contribution >= 0.6 is 0 Å². The zero-order chi connectivity index (χ0) is 14.5. The van der Waals surface area contributed by atoms with E-state index < -0.39 is 0 Å². The van der Waals surface area contributed by atoms with Crippen molar-refractivity contribution in [1.29, 1.82) is 0 Å². The van der Waals surface area contributed by atoms with E-state index in [-0.39, 0.29) is 0 Å². The van der Waals surface area contributed by atoms with Gasteiger partial charge in [-0.25, -0.2) is 0 Å². The molecular formula is C19H23NO. The Morgan fingerprint density at radius 1 is 1.10 bits per heavy atom. The van der Waals surface area contributed by atoms with Crippen molar-refractivity contribution in [3.63, 3.8) is 0 Å². The van der Waals surface area contributed by atoms with Crippen LogP contribution in [0.1, 0.15) is 29.9 Å². The van der Waals surface area contributed by atoms with Crippen LogP contribution in [0.3, 0.4) is 0 Å². The molecule has 2 unspecified atom stereocenters. The summed E-state index contributed by atoms with van der Waals surface area (Å²) in [6.07, 6.45) is 3.55. The Morgan fingerprint density at radius 2 is 1.95 bits per heavy atom. The lowest BCUT2D eigenvalue weighted by Crippen LogP contribution is -2.34. The molecule has 3 rings (SSSR count). The fraction of sp³-hybridized carbons (Fsp3) is 0.368. The van der Waals surface area contributed by atoms with Gasteiger partial charge in [0.15, 0.2) is 0 Å². The van der Waals surface area contributed by atoms with Crippen molar-refractivity contribution < 1.29 is 5.11 Å². The Bertz CT molecular complexity index is 561. The maximum Gasteiger partial charge on any atom is 0.115 e. The zero-order valence-electron chi connectivity index (χ0n) is 12.3. The highest BCUT2D eigenvalue weighted by Crippen LogP contribution is 2.34. The van der Waals surface area contributed by atoms with Gasteiger partial charge in [-0.2, -0.15) is 0 Å². The number of phenolic OH excluding ortho intramolecular Hbond substituents is 1. The average molecular weight is 281 g/mol. The molecule has 110 valence electrons. The van der Waals surface area contributed by atoms with Gasteiger partial charge in [0, 0.05) is 0 Å². The molecule has 1 fully saturated rings. The van der Waals surface area contributed by atoms with Crippen LogP contribution in [0, 0.1) is 5.92 Å². The summed E-state index contributed by atoms with van der Waals surface area (Å²) >= 11 is 0. The van der Waals surface area contributed by atoms with E-state index in [2.05, 4.69) is 41.7 Å².